The summed E-state index contributed by atoms with van der Waals surface area (Å²) in [7, 11) is 0. The van der Waals surface area contributed by atoms with Gasteiger partial charge in [0, 0.05) is 11.8 Å². The van der Waals surface area contributed by atoms with Crippen molar-refractivity contribution in [3.05, 3.63) is 49.2 Å². The second-order valence-corrected chi connectivity index (χ2v) is 3.75. The molecule has 92 valence electrons. The minimum absolute atomic E-state index is 0.269. The third-order valence-electron chi connectivity index (χ3n) is 2.39. The summed E-state index contributed by atoms with van der Waals surface area (Å²) in [5.74, 6) is 1.08. The summed E-state index contributed by atoms with van der Waals surface area (Å²) in [6.07, 6.45) is 4.29. The Labute approximate surface area is 106 Å². The first-order valence-corrected chi connectivity index (χ1v) is 5.72. The maximum atomic E-state index is 5.59. The molecule has 0 saturated carbocycles. The van der Waals surface area contributed by atoms with E-state index in [1.807, 2.05) is 36.4 Å². The van der Waals surface area contributed by atoms with Gasteiger partial charge in [0.1, 0.15) is 5.75 Å². The molecule has 0 atom stereocenters. The van der Waals surface area contributed by atoms with Crippen LogP contribution in [0.1, 0.15) is 6.42 Å². The van der Waals surface area contributed by atoms with Crippen LogP contribution in [0.4, 0.5) is 5.95 Å². The van der Waals surface area contributed by atoms with E-state index in [0.29, 0.717) is 6.61 Å². The second-order valence-electron chi connectivity index (χ2n) is 3.75. The van der Waals surface area contributed by atoms with Crippen LogP contribution < -0.4 is 10.5 Å². The summed E-state index contributed by atoms with van der Waals surface area (Å²) in [6.45, 7) is 4.28. The van der Waals surface area contributed by atoms with E-state index in [9.17, 15) is 0 Å². The van der Waals surface area contributed by atoms with Gasteiger partial charge in [-0.25, -0.2) is 9.97 Å². The highest BCUT2D eigenvalue weighted by atomic mass is 16.5. The van der Waals surface area contributed by atoms with Crippen molar-refractivity contribution in [2.45, 2.75) is 6.42 Å². The number of hydrogen-bond donors (Lipinski definition) is 1. The number of ether oxygens (including phenoxy) is 1. The molecule has 0 aliphatic rings. The first-order chi connectivity index (χ1) is 8.79. The minimum atomic E-state index is 0.269. The number of nitrogen functional groups attached to an aromatic ring is 1. The van der Waals surface area contributed by atoms with Gasteiger partial charge in [-0.2, -0.15) is 0 Å². The van der Waals surface area contributed by atoms with E-state index in [4.69, 9.17) is 10.5 Å². The van der Waals surface area contributed by atoms with Crippen molar-refractivity contribution in [3.8, 4) is 17.0 Å². The zero-order valence-corrected chi connectivity index (χ0v) is 10.0. The Balaban J connectivity index is 2.18. The maximum Gasteiger partial charge on any atom is 0.220 e. The molecule has 0 radical (unpaired) electrons. The zero-order valence-electron chi connectivity index (χ0n) is 10.0. The summed E-state index contributed by atoms with van der Waals surface area (Å²) in [4.78, 5) is 8.05. The van der Waals surface area contributed by atoms with Crippen LogP contribution in [0.15, 0.2) is 49.2 Å². The highest BCUT2D eigenvalue weighted by molar-refractivity contribution is 5.61. The van der Waals surface area contributed by atoms with Crippen LogP contribution in [0.2, 0.25) is 0 Å². The number of nitrogens with two attached hydrogens (primary N) is 1. The SMILES string of the molecule is C=CCCOc1cccc(-c2ccnc(N)n2)c1. The van der Waals surface area contributed by atoms with Crippen molar-refractivity contribution in [3.63, 3.8) is 0 Å². The lowest BCUT2D eigenvalue weighted by molar-refractivity contribution is 0.325. The summed E-state index contributed by atoms with van der Waals surface area (Å²) in [5.41, 5.74) is 7.31. The first kappa shape index (κ1) is 12.1. The van der Waals surface area contributed by atoms with Gasteiger partial charge < -0.3 is 10.5 Å². The average molecular weight is 241 g/mol. The Bertz CT molecular complexity index is 540. The fourth-order valence-corrected chi connectivity index (χ4v) is 1.54. The van der Waals surface area contributed by atoms with Crippen molar-refractivity contribution >= 4 is 5.95 Å². The third kappa shape index (κ3) is 3.07. The number of rotatable bonds is 5. The molecule has 1 aromatic carbocycles. The molecular weight excluding hydrogens is 226 g/mol. The van der Waals surface area contributed by atoms with Gasteiger partial charge in [0.05, 0.1) is 12.3 Å². The zero-order chi connectivity index (χ0) is 12.8. The van der Waals surface area contributed by atoms with Crippen molar-refractivity contribution in [2.75, 3.05) is 12.3 Å². The fraction of sp³-hybridized carbons (Fsp3) is 0.143. The van der Waals surface area contributed by atoms with E-state index in [0.717, 1.165) is 23.4 Å². The Kier molecular flexibility index (Phi) is 3.91. The van der Waals surface area contributed by atoms with Gasteiger partial charge in [-0.3, -0.25) is 0 Å². The first-order valence-electron chi connectivity index (χ1n) is 5.72. The van der Waals surface area contributed by atoms with Crippen molar-refractivity contribution < 1.29 is 4.74 Å². The standard InChI is InChI=1S/C14H15N3O/c1-2-3-9-18-12-6-4-5-11(10-12)13-7-8-16-14(15)17-13/h2,4-8,10H,1,3,9H2,(H2,15,16,17). The van der Waals surface area contributed by atoms with Gasteiger partial charge >= 0.3 is 0 Å². The topological polar surface area (TPSA) is 61.0 Å². The monoisotopic (exact) mass is 241 g/mol. The van der Waals surface area contributed by atoms with E-state index < -0.39 is 0 Å². The molecule has 0 spiro atoms. The predicted molar refractivity (Wildman–Crippen MR) is 72.2 cm³/mol. The molecule has 0 fully saturated rings. The highest BCUT2D eigenvalue weighted by Gasteiger charge is 2.02. The molecule has 4 heteroatoms. The number of aromatic nitrogens is 2. The Morgan fingerprint density at radius 3 is 3.00 bits per heavy atom. The Morgan fingerprint density at radius 2 is 2.22 bits per heavy atom. The highest BCUT2D eigenvalue weighted by Crippen LogP contribution is 2.22. The van der Waals surface area contributed by atoms with Crippen LogP contribution in [0.25, 0.3) is 11.3 Å². The van der Waals surface area contributed by atoms with E-state index in [-0.39, 0.29) is 5.95 Å². The molecule has 0 aliphatic carbocycles. The lowest BCUT2D eigenvalue weighted by atomic mass is 10.1. The average Bonchev–Trinajstić information content (AvgIpc) is 2.39. The largest absolute Gasteiger partial charge is 0.493 e. The van der Waals surface area contributed by atoms with Crippen molar-refractivity contribution in [1.82, 2.24) is 9.97 Å². The number of anilines is 1. The predicted octanol–water partition coefficient (Wildman–Crippen LogP) is 2.68. The van der Waals surface area contributed by atoms with Gasteiger partial charge in [0.2, 0.25) is 5.95 Å². The molecule has 0 unspecified atom stereocenters. The number of hydrogen-bond acceptors (Lipinski definition) is 4. The van der Waals surface area contributed by atoms with Gasteiger partial charge in [0.15, 0.2) is 0 Å². The van der Waals surface area contributed by atoms with Crippen LogP contribution in [0.3, 0.4) is 0 Å². The quantitative estimate of drug-likeness (QED) is 0.645. The van der Waals surface area contributed by atoms with Crippen LogP contribution in [-0.2, 0) is 0 Å². The molecule has 0 aliphatic heterocycles. The lowest BCUT2D eigenvalue weighted by Crippen LogP contribution is -1.97. The molecular formula is C14H15N3O. The van der Waals surface area contributed by atoms with Gasteiger partial charge in [-0.1, -0.05) is 18.2 Å². The normalized spacial score (nSPS) is 10.0. The summed E-state index contributed by atoms with van der Waals surface area (Å²) < 4.78 is 5.59. The second kappa shape index (κ2) is 5.82. The van der Waals surface area contributed by atoms with Crippen LogP contribution in [0.5, 0.6) is 5.75 Å². The molecule has 4 nitrogen and oxygen atoms in total. The van der Waals surface area contributed by atoms with E-state index >= 15 is 0 Å². The third-order valence-corrected chi connectivity index (χ3v) is 2.39. The Hall–Kier alpha value is -2.36. The van der Waals surface area contributed by atoms with E-state index in [2.05, 4.69) is 16.5 Å². The van der Waals surface area contributed by atoms with Gasteiger partial charge in [-0.15, -0.1) is 6.58 Å². The molecule has 0 saturated heterocycles. The molecule has 0 bridgehead atoms. The summed E-state index contributed by atoms with van der Waals surface area (Å²) in [5, 5.41) is 0. The van der Waals surface area contributed by atoms with Gasteiger partial charge in [0.25, 0.3) is 0 Å². The van der Waals surface area contributed by atoms with Crippen LogP contribution in [-0.4, -0.2) is 16.6 Å². The maximum absolute atomic E-state index is 5.59. The molecule has 2 aromatic rings. The van der Waals surface area contributed by atoms with Crippen LogP contribution in [0, 0.1) is 0 Å². The molecule has 1 aromatic heterocycles. The lowest BCUT2D eigenvalue weighted by Gasteiger charge is -2.07. The van der Waals surface area contributed by atoms with Crippen molar-refractivity contribution in [1.29, 1.82) is 0 Å². The smallest absolute Gasteiger partial charge is 0.220 e. The summed E-state index contributed by atoms with van der Waals surface area (Å²) in [6, 6.07) is 9.56. The fourth-order valence-electron chi connectivity index (χ4n) is 1.54. The van der Waals surface area contributed by atoms with Gasteiger partial charge in [-0.05, 0) is 24.6 Å². The van der Waals surface area contributed by atoms with Crippen LogP contribution >= 0.6 is 0 Å². The minimum Gasteiger partial charge on any atom is -0.493 e. The molecule has 2 rings (SSSR count). The molecule has 0 amide bonds. The van der Waals surface area contributed by atoms with E-state index in [1.54, 1.807) is 6.20 Å². The number of nitrogens with zero attached hydrogens (tertiary/aromatic N) is 2. The number of benzene rings is 1. The Morgan fingerprint density at radius 1 is 1.33 bits per heavy atom. The molecule has 2 N–H and O–H groups in total. The van der Waals surface area contributed by atoms with E-state index in [1.165, 1.54) is 0 Å². The molecule has 1 heterocycles. The summed E-state index contributed by atoms with van der Waals surface area (Å²) >= 11 is 0. The van der Waals surface area contributed by atoms with Crippen molar-refractivity contribution in [2.24, 2.45) is 0 Å². The molecule has 18 heavy (non-hydrogen) atoms.